The summed E-state index contributed by atoms with van der Waals surface area (Å²) >= 11 is 0. The van der Waals surface area contributed by atoms with Crippen LogP contribution in [0.15, 0.2) is 71.9 Å². The van der Waals surface area contributed by atoms with Crippen LogP contribution in [0.2, 0.25) is 0 Å². The van der Waals surface area contributed by atoms with Gasteiger partial charge < -0.3 is 0 Å². The van der Waals surface area contributed by atoms with Gasteiger partial charge in [-0.25, -0.2) is 8.89 Å². The molecule has 0 radical (unpaired) electrons. The van der Waals surface area contributed by atoms with Gasteiger partial charge in [-0.1, -0.05) is 52.8 Å². The van der Waals surface area contributed by atoms with Gasteiger partial charge in [-0.2, -0.15) is 5.10 Å². The fourth-order valence-corrected chi connectivity index (χ4v) is 4.21. The molecule has 4 rings (SSSR count). The quantitative estimate of drug-likeness (QED) is 0.326. The zero-order valence-electron chi connectivity index (χ0n) is 19.5. The molecule has 7 heteroatoms. The molecule has 1 unspecified atom stereocenters. The van der Waals surface area contributed by atoms with Gasteiger partial charge in [-0.05, 0) is 42.2 Å². The van der Waals surface area contributed by atoms with E-state index in [0.29, 0.717) is 10.7 Å². The third-order valence-electron chi connectivity index (χ3n) is 4.97. The van der Waals surface area contributed by atoms with Crippen molar-refractivity contribution in [1.82, 2.24) is 9.78 Å². The average molecular weight is 452 g/mol. The molecular weight excluding hydrogens is 420 g/mol. The zero-order valence-corrected chi connectivity index (χ0v) is 20.3. The van der Waals surface area contributed by atoms with Gasteiger partial charge in [0, 0.05) is 22.2 Å². The molecule has 1 atom stereocenters. The summed E-state index contributed by atoms with van der Waals surface area (Å²) in [7, 11) is -1.43. The molecular formula is C25H31N4O2S+. The van der Waals surface area contributed by atoms with Crippen molar-refractivity contribution in [2.24, 2.45) is 0 Å². The second kappa shape index (κ2) is 9.53. The van der Waals surface area contributed by atoms with Crippen LogP contribution in [-0.2, 0) is 16.4 Å². The minimum Gasteiger partial charge on any atom is -0.285 e. The fraction of sp³-hybridized carbons (Fsp3) is 0.280. The lowest BCUT2D eigenvalue weighted by Gasteiger charge is -2.19. The number of aromatic nitrogens is 3. The summed E-state index contributed by atoms with van der Waals surface area (Å²) in [5.41, 5.74) is 2.89. The van der Waals surface area contributed by atoms with Gasteiger partial charge in [0.15, 0.2) is 11.0 Å². The number of pyridine rings is 1. The predicted molar refractivity (Wildman–Crippen MR) is 130 cm³/mol. The van der Waals surface area contributed by atoms with Crippen molar-refractivity contribution in [2.45, 2.75) is 51.9 Å². The molecule has 2 aromatic heterocycles. The Labute approximate surface area is 192 Å². The molecule has 4 aromatic rings. The Morgan fingerprint density at radius 1 is 1.06 bits per heavy atom. The maximum absolute atomic E-state index is 13.0. The second-order valence-electron chi connectivity index (χ2n) is 8.33. The molecule has 168 valence electrons. The standard InChI is InChI=1S/C23H25N4O2S.C2H6/c1-16-14-22(25-30(29)19-10-8-18(9-11-19)23(2,3)4)27(24-16)21-7-5-6-17-15-26(28)13-12-20(17)21;1-2/h5-15,25,28H,1-4H3;1-2H3/q+1;. The van der Waals surface area contributed by atoms with E-state index in [9.17, 15) is 9.42 Å². The van der Waals surface area contributed by atoms with E-state index in [1.807, 2.05) is 75.4 Å². The maximum atomic E-state index is 13.0. The van der Waals surface area contributed by atoms with Crippen molar-refractivity contribution in [2.75, 3.05) is 4.72 Å². The van der Waals surface area contributed by atoms with Crippen LogP contribution in [0.25, 0.3) is 16.5 Å². The summed E-state index contributed by atoms with van der Waals surface area (Å²) in [5.74, 6) is 0.638. The molecule has 32 heavy (non-hydrogen) atoms. The number of rotatable bonds is 4. The number of fused-ring (bicyclic) bond motifs is 1. The van der Waals surface area contributed by atoms with E-state index in [4.69, 9.17) is 0 Å². The smallest absolute Gasteiger partial charge is 0.230 e. The molecule has 0 spiro atoms. The first-order valence-corrected chi connectivity index (χ1v) is 11.9. The Hall–Kier alpha value is -3.19. The van der Waals surface area contributed by atoms with Crippen LogP contribution < -0.4 is 9.45 Å². The highest BCUT2D eigenvalue weighted by atomic mass is 32.2. The molecule has 0 aliphatic heterocycles. The first kappa shape index (κ1) is 23.5. The van der Waals surface area contributed by atoms with E-state index in [2.05, 4.69) is 30.6 Å². The normalized spacial score (nSPS) is 12.2. The number of benzene rings is 2. The lowest BCUT2D eigenvalue weighted by atomic mass is 9.87. The van der Waals surface area contributed by atoms with Gasteiger partial charge in [0.2, 0.25) is 12.4 Å². The number of nitrogens with one attached hydrogen (secondary N) is 1. The molecule has 2 aromatic carbocycles. The average Bonchev–Trinajstić information content (AvgIpc) is 3.13. The Bertz CT molecular complexity index is 1240. The SMILES string of the molecule is CC.Cc1cc(NS(=O)c2ccc(C(C)(C)C)cc2)n(-c2cccc3c[n+](O)ccc23)n1. The van der Waals surface area contributed by atoms with Crippen molar-refractivity contribution in [1.29, 1.82) is 0 Å². The van der Waals surface area contributed by atoms with E-state index in [1.165, 1.54) is 5.56 Å². The van der Waals surface area contributed by atoms with Crippen LogP contribution >= 0.6 is 0 Å². The summed E-state index contributed by atoms with van der Waals surface area (Å²) in [6.07, 6.45) is 3.21. The highest BCUT2D eigenvalue weighted by molar-refractivity contribution is 7.86. The molecule has 0 aliphatic rings. The fourth-order valence-electron chi connectivity index (χ4n) is 3.37. The van der Waals surface area contributed by atoms with Crippen LogP contribution in [0.4, 0.5) is 5.82 Å². The van der Waals surface area contributed by atoms with Crippen molar-refractivity contribution >= 4 is 27.6 Å². The minimum atomic E-state index is -1.43. The molecule has 6 nitrogen and oxygen atoms in total. The van der Waals surface area contributed by atoms with E-state index < -0.39 is 11.0 Å². The summed E-state index contributed by atoms with van der Waals surface area (Å²) < 4.78 is 18.9. The third kappa shape index (κ3) is 4.99. The third-order valence-corrected chi connectivity index (χ3v) is 6.07. The Balaban J connectivity index is 0.00000141. The Kier molecular flexibility index (Phi) is 6.99. The van der Waals surface area contributed by atoms with Gasteiger partial charge >= 0.3 is 0 Å². The summed E-state index contributed by atoms with van der Waals surface area (Å²) in [5, 5.41) is 16.1. The maximum Gasteiger partial charge on any atom is 0.230 e. The zero-order chi connectivity index (χ0) is 23.5. The van der Waals surface area contributed by atoms with Crippen molar-refractivity contribution < 1.29 is 14.1 Å². The van der Waals surface area contributed by atoms with Gasteiger partial charge in [0.25, 0.3) is 0 Å². The number of hydrogen-bond donors (Lipinski definition) is 2. The molecule has 2 heterocycles. The van der Waals surface area contributed by atoms with Crippen LogP contribution in [0.1, 0.15) is 45.9 Å². The summed E-state index contributed by atoms with van der Waals surface area (Å²) in [6.45, 7) is 12.4. The first-order valence-electron chi connectivity index (χ1n) is 10.7. The predicted octanol–water partition coefficient (Wildman–Crippen LogP) is 5.32. The lowest BCUT2D eigenvalue weighted by molar-refractivity contribution is -0.903. The minimum absolute atomic E-state index is 0.0459. The van der Waals surface area contributed by atoms with Gasteiger partial charge in [-0.3, -0.25) is 9.93 Å². The van der Waals surface area contributed by atoms with Crippen LogP contribution in [-0.4, -0.2) is 19.2 Å². The van der Waals surface area contributed by atoms with Gasteiger partial charge in [0.1, 0.15) is 5.82 Å². The first-order chi connectivity index (χ1) is 15.2. The summed E-state index contributed by atoms with van der Waals surface area (Å²) in [6, 6.07) is 17.3. The molecule has 2 N–H and O–H groups in total. The highest BCUT2D eigenvalue weighted by Crippen LogP contribution is 2.26. The molecule has 0 aliphatic carbocycles. The van der Waals surface area contributed by atoms with Crippen molar-refractivity contribution in [3.63, 3.8) is 0 Å². The van der Waals surface area contributed by atoms with E-state index in [1.54, 1.807) is 17.1 Å². The molecule has 0 saturated carbocycles. The highest BCUT2D eigenvalue weighted by Gasteiger charge is 2.17. The molecule has 0 saturated heterocycles. The monoisotopic (exact) mass is 451 g/mol. The van der Waals surface area contributed by atoms with Gasteiger partial charge in [0.05, 0.1) is 21.7 Å². The van der Waals surface area contributed by atoms with E-state index in [0.717, 1.165) is 26.9 Å². The number of nitrogens with zero attached hydrogens (tertiary/aromatic N) is 3. The number of aryl methyl sites for hydroxylation is 1. The van der Waals surface area contributed by atoms with Crippen LogP contribution in [0.5, 0.6) is 0 Å². The van der Waals surface area contributed by atoms with E-state index >= 15 is 0 Å². The topological polar surface area (TPSA) is 71.0 Å². The van der Waals surface area contributed by atoms with Crippen LogP contribution in [0.3, 0.4) is 0 Å². The number of hydrogen-bond acceptors (Lipinski definition) is 3. The number of anilines is 1. The lowest BCUT2D eigenvalue weighted by Crippen LogP contribution is -2.28. The Morgan fingerprint density at radius 2 is 1.75 bits per heavy atom. The second-order valence-corrected chi connectivity index (χ2v) is 9.55. The summed E-state index contributed by atoms with van der Waals surface area (Å²) in [4.78, 5) is 0.702. The van der Waals surface area contributed by atoms with E-state index in [-0.39, 0.29) is 5.41 Å². The van der Waals surface area contributed by atoms with Crippen LogP contribution in [0, 0.1) is 6.92 Å². The Morgan fingerprint density at radius 3 is 2.41 bits per heavy atom. The molecule has 0 fully saturated rings. The molecule has 0 bridgehead atoms. The van der Waals surface area contributed by atoms with Gasteiger partial charge in [-0.15, -0.1) is 0 Å². The van der Waals surface area contributed by atoms with Crippen molar-refractivity contribution in [3.05, 3.63) is 78.2 Å². The molecule has 0 amide bonds. The largest absolute Gasteiger partial charge is 0.285 e. The van der Waals surface area contributed by atoms with Crippen molar-refractivity contribution in [3.8, 4) is 5.69 Å².